The lowest BCUT2D eigenvalue weighted by atomic mass is 10.2. The zero-order valence-electron chi connectivity index (χ0n) is 11.1. The van der Waals surface area contributed by atoms with Gasteiger partial charge in [-0.25, -0.2) is 0 Å². The molecule has 1 aromatic rings. The van der Waals surface area contributed by atoms with Gasteiger partial charge in [0.15, 0.2) is 0 Å². The summed E-state index contributed by atoms with van der Waals surface area (Å²) >= 11 is 1.84. The van der Waals surface area contributed by atoms with Crippen LogP contribution in [0.3, 0.4) is 0 Å². The third-order valence-corrected chi connectivity index (χ3v) is 5.12. The Kier molecular flexibility index (Phi) is 3.41. The Hall–Kier alpha value is -1.20. The molecule has 19 heavy (non-hydrogen) atoms. The van der Waals surface area contributed by atoms with Crippen molar-refractivity contribution in [3.63, 3.8) is 0 Å². The minimum atomic E-state index is -0.329. The number of hydrogen-bond donors (Lipinski definition) is 1. The molecule has 4 nitrogen and oxygen atoms in total. The van der Waals surface area contributed by atoms with Gasteiger partial charge in [0.1, 0.15) is 0 Å². The Balaban J connectivity index is 1.60. The summed E-state index contributed by atoms with van der Waals surface area (Å²) in [5.74, 6) is -0.129. The van der Waals surface area contributed by atoms with Crippen molar-refractivity contribution in [3.05, 3.63) is 21.4 Å². The Labute approximate surface area is 116 Å². The normalized spacial score (nSPS) is 22.4. The average Bonchev–Trinajstić information content (AvgIpc) is 3.01. The number of nitrogens with zero attached hydrogens (tertiary/aromatic N) is 1. The Morgan fingerprint density at radius 2 is 2.26 bits per heavy atom. The molecule has 0 bridgehead atoms. The number of thiophene rings is 1. The second-order valence-electron chi connectivity index (χ2n) is 5.13. The van der Waals surface area contributed by atoms with Crippen LogP contribution in [0, 0.1) is 0 Å². The highest BCUT2D eigenvalue weighted by Gasteiger charge is 2.37. The van der Waals surface area contributed by atoms with Crippen molar-refractivity contribution in [2.75, 3.05) is 6.54 Å². The number of carbonyl (C=O) groups is 2. The highest BCUT2D eigenvalue weighted by Crippen LogP contribution is 2.30. The molecule has 1 aliphatic carbocycles. The van der Waals surface area contributed by atoms with E-state index in [9.17, 15) is 9.59 Å². The molecule has 2 heterocycles. The van der Waals surface area contributed by atoms with Crippen molar-refractivity contribution >= 4 is 23.2 Å². The fraction of sp³-hybridized carbons (Fsp3) is 0.571. The van der Waals surface area contributed by atoms with Gasteiger partial charge in [0, 0.05) is 22.8 Å². The summed E-state index contributed by atoms with van der Waals surface area (Å²) in [6.45, 7) is 3.00. The molecule has 1 fully saturated rings. The van der Waals surface area contributed by atoms with Crippen LogP contribution in [0.4, 0.5) is 0 Å². The van der Waals surface area contributed by atoms with Gasteiger partial charge >= 0.3 is 0 Å². The third kappa shape index (κ3) is 2.32. The molecule has 0 aromatic carbocycles. The number of likely N-dealkylation sites (tertiary alicyclic amines) is 1. The zero-order chi connectivity index (χ0) is 13.4. The van der Waals surface area contributed by atoms with Gasteiger partial charge in [0.25, 0.3) is 0 Å². The van der Waals surface area contributed by atoms with E-state index in [1.165, 1.54) is 39.5 Å². The van der Waals surface area contributed by atoms with E-state index in [1.54, 1.807) is 0 Å². The second kappa shape index (κ2) is 5.06. The maximum Gasteiger partial charge on any atom is 0.246 e. The minimum absolute atomic E-state index is 0.0568. The molecule has 3 rings (SSSR count). The molecule has 1 saturated heterocycles. The van der Waals surface area contributed by atoms with E-state index in [0.29, 0.717) is 19.5 Å². The topological polar surface area (TPSA) is 49.4 Å². The van der Waals surface area contributed by atoms with Crippen molar-refractivity contribution in [1.82, 2.24) is 10.2 Å². The molecule has 1 unspecified atom stereocenters. The molecule has 1 aliphatic heterocycles. The Bertz CT molecular complexity index is 502. The van der Waals surface area contributed by atoms with Gasteiger partial charge in [-0.1, -0.05) is 0 Å². The molecule has 1 atom stereocenters. The SMILES string of the molecule is CCN1C(=O)CC(NCc2cc3c(s2)CCC3)C1=O. The first-order valence-electron chi connectivity index (χ1n) is 6.87. The van der Waals surface area contributed by atoms with Crippen LogP contribution < -0.4 is 5.32 Å². The first-order chi connectivity index (χ1) is 9.19. The van der Waals surface area contributed by atoms with Gasteiger partial charge in [0.2, 0.25) is 11.8 Å². The molecule has 0 spiro atoms. The number of aryl methyl sites for hydroxylation is 2. The quantitative estimate of drug-likeness (QED) is 0.849. The molecule has 0 radical (unpaired) electrons. The van der Waals surface area contributed by atoms with Crippen LogP contribution in [0.15, 0.2) is 6.07 Å². The van der Waals surface area contributed by atoms with E-state index in [-0.39, 0.29) is 17.9 Å². The standard InChI is InChI=1S/C14H18N2O2S/c1-2-16-13(17)7-11(14(16)18)15-8-10-6-9-4-3-5-12(9)19-10/h6,11,15H,2-5,7-8H2,1H3. The van der Waals surface area contributed by atoms with Crippen LogP contribution in [-0.4, -0.2) is 29.3 Å². The molecular formula is C14H18N2O2S. The summed E-state index contributed by atoms with van der Waals surface area (Å²) in [5.41, 5.74) is 1.48. The van der Waals surface area contributed by atoms with Crippen LogP contribution in [0.1, 0.15) is 35.1 Å². The monoisotopic (exact) mass is 278 g/mol. The highest BCUT2D eigenvalue weighted by atomic mass is 32.1. The van der Waals surface area contributed by atoms with Gasteiger partial charge < -0.3 is 5.32 Å². The number of carbonyl (C=O) groups excluding carboxylic acids is 2. The van der Waals surface area contributed by atoms with Crippen LogP contribution in [0.25, 0.3) is 0 Å². The van der Waals surface area contributed by atoms with Crippen LogP contribution in [-0.2, 0) is 29.0 Å². The summed E-state index contributed by atoms with van der Waals surface area (Å²) < 4.78 is 0. The number of imide groups is 1. The van der Waals surface area contributed by atoms with Crippen molar-refractivity contribution in [3.8, 4) is 0 Å². The second-order valence-corrected chi connectivity index (χ2v) is 6.35. The lowest BCUT2D eigenvalue weighted by Crippen LogP contribution is -2.38. The smallest absolute Gasteiger partial charge is 0.246 e. The lowest BCUT2D eigenvalue weighted by molar-refractivity contribution is -0.138. The predicted octanol–water partition coefficient (Wildman–Crippen LogP) is 1.47. The van der Waals surface area contributed by atoms with E-state index in [4.69, 9.17) is 0 Å². The maximum absolute atomic E-state index is 12.0. The van der Waals surface area contributed by atoms with Gasteiger partial charge in [-0.3, -0.25) is 14.5 Å². The zero-order valence-corrected chi connectivity index (χ0v) is 11.9. The lowest BCUT2D eigenvalue weighted by Gasteiger charge is -2.12. The van der Waals surface area contributed by atoms with Crippen molar-refractivity contribution in [2.24, 2.45) is 0 Å². The van der Waals surface area contributed by atoms with Gasteiger partial charge in [-0.2, -0.15) is 0 Å². The summed E-state index contributed by atoms with van der Waals surface area (Å²) in [6, 6.07) is 1.92. The molecule has 5 heteroatoms. The van der Waals surface area contributed by atoms with Crippen molar-refractivity contribution < 1.29 is 9.59 Å². The van der Waals surface area contributed by atoms with Crippen LogP contribution in [0.2, 0.25) is 0 Å². The summed E-state index contributed by atoms with van der Waals surface area (Å²) in [5, 5.41) is 3.23. The van der Waals surface area contributed by atoms with Gasteiger partial charge in [0.05, 0.1) is 12.5 Å². The number of hydrogen-bond acceptors (Lipinski definition) is 4. The number of fused-ring (bicyclic) bond motifs is 1. The fourth-order valence-electron chi connectivity index (χ4n) is 2.88. The highest BCUT2D eigenvalue weighted by molar-refractivity contribution is 7.12. The number of nitrogens with one attached hydrogen (secondary N) is 1. The minimum Gasteiger partial charge on any atom is -0.300 e. The van der Waals surface area contributed by atoms with E-state index in [1.807, 2.05) is 18.3 Å². The molecule has 0 saturated carbocycles. The number of amides is 2. The van der Waals surface area contributed by atoms with E-state index in [2.05, 4.69) is 11.4 Å². The Morgan fingerprint density at radius 3 is 2.95 bits per heavy atom. The van der Waals surface area contributed by atoms with Gasteiger partial charge in [-0.15, -0.1) is 11.3 Å². The maximum atomic E-state index is 12.0. The summed E-state index contributed by atoms with van der Waals surface area (Å²) in [6.07, 6.45) is 3.97. The van der Waals surface area contributed by atoms with E-state index >= 15 is 0 Å². The average molecular weight is 278 g/mol. The number of likely N-dealkylation sites (N-methyl/N-ethyl adjacent to an activating group) is 1. The predicted molar refractivity (Wildman–Crippen MR) is 74.0 cm³/mol. The molecular weight excluding hydrogens is 260 g/mol. The molecule has 102 valence electrons. The fourth-order valence-corrected chi connectivity index (χ4v) is 4.09. The van der Waals surface area contributed by atoms with Crippen molar-refractivity contribution in [2.45, 2.75) is 45.2 Å². The van der Waals surface area contributed by atoms with Crippen LogP contribution >= 0.6 is 11.3 Å². The number of rotatable bonds is 4. The van der Waals surface area contributed by atoms with Crippen molar-refractivity contribution in [1.29, 1.82) is 0 Å². The first-order valence-corrected chi connectivity index (χ1v) is 7.68. The molecule has 2 aliphatic rings. The first kappa shape index (κ1) is 12.8. The third-order valence-electron chi connectivity index (χ3n) is 3.88. The molecule has 1 aromatic heterocycles. The van der Waals surface area contributed by atoms with Crippen LogP contribution in [0.5, 0.6) is 0 Å². The Morgan fingerprint density at radius 1 is 1.42 bits per heavy atom. The van der Waals surface area contributed by atoms with E-state index < -0.39 is 0 Å². The largest absolute Gasteiger partial charge is 0.300 e. The molecule has 1 N–H and O–H groups in total. The summed E-state index contributed by atoms with van der Waals surface area (Å²) in [7, 11) is 0. The summed E-state index contributed by atoms with van der Waals surface area (Å²) in [4.78, 5) is 27.7. The van der Waals surface area contributed by atoms with E-state index in [0.717, 1.165) is 0 Å². The van der Waals surface area contributed by atoms with Gasteiger partial charge in [-0.05, 0) is 37.8 Å². The molecule has 2 amide bonds.